The summed E-state index contributed by atoms with van der Waals surface area (Å²) in [7, 11) is 0. The van der Waals surface area contributed by atoms with Crippen LogP contribution in [0.2, 0.25) is 0 Å². The van der Waals surface area contributed by atoms with Crippen molar-refractivity contribution in [3.63, 3.8) is 0 Å². The van der Waals surface area contributed by atoms with E-state index in [9.17, 15) is 0 Å². The molecular formula is K2Na6. The van der Waals surface area contributed by atoms with E-state index in [1.54, 1.807) is 0 Å². The molecule has 0 aliphatic rings. The fourth-order valence-corrected chi connectivity index (χ4v) is 0. The SMILES string of the molecule is [K].[K].[Na].[Na].[Na].[Na].[Na].[Na]. The molecule has 0 aromatic carbocycles. The van der Waals surface area contributed by atoms with E-state index in [1.165, 1.54) is 0 Å². The number of hydrogen-bond donors (Lipinski definition) is 0. The Labute approximate surface area is 270 Å². The molecule has 0 aliphatic heterocycles. The molecule has 0 bridgehead atoms. The van der Waals surface area contributed by atoms with Gasteiger partial charge in [-0.15, -0.1) is 0 Å². The average Bonchev–Trinajstić information content (AvgIpc) is 0. The van der Waals surface area contributed by atoms with E-state index in [0.29, 0.717) is 0 Å². The molecule has 8 radical (unpaired) electrons. The summed E-state index contributed by atoms with van der Waals surface area (Å²) in [5.74, 6) is 0. The van der Waals surface area contributed by atoms with Crippen LogP contribution in [0.25, 0.3) is 0 Å². The van der Waals surface area contributed by atoms with Crippen LogP contribution in [0.3, 0.4) is 0 Å². The molecule has 0 saturated carbocycles. The van der Waals surface area contributed by atoms with Gasteiger partial charge >= 0.3 is 0 Å². The largest absolute Gasteiger partial charge is 0 e. The maximum absolute atomic E-state index is 0. The third kappa shape index (κ3) is 36.2. The molecule has 0 atom stereocenters. The second-order valence-electron chi connectivity index (χ2n) is 0. The van der Waals surface area contributed by atoms with E-state index in [4.69, 9.17) is 0 Å². The van der Waals surface area contributed by atoms with E-state index < -0.39 is 0 Å². The smallest absolute Gasteiger partial charge is 0 e. The summed E-state index contributed by atoms with van der Waals surface area (Å²) in [5, 5.41) is 0. The van der Waals surface area contributed by atoms with E-state index in [1.807, 2.05) is 0 Å². The van der Waals surface area contributed by atoms with Crippen molar-refractivity contribution in [1.82, 2.24) is 0 Å². The van der Waals surface area contributed by atoms with Gasteiger partial charge in [-0.1, -0.05) is 0 Å². The van der Waals surface area contributed by atoms with Crippen LogP contribution in [-0.2, 0) is 0 Å². The van der Waals surface area contributed by atoms with Gasteiger partial charge in [0.15, 0.2) is 0 Å². The van der Waals surface area contributed by atoms with E-state index in [2.05, 4.69) is 0 Å². The monoisotopic (exact) mass is 216 g/mol. The van der Waals surface area contributed by atoms with Crippen LogP contribution in [0.5, 0.6) is 0 Å². The first-order valence-electron chi connectivity index (χ1n) is 0. The second-order valence-corrected chi connectivity index (χ2v) is 0. The third-order valence-corrected chi connectivity index (χ3v) is 0. The molecule has 0 aromatic heterocycles. The Morgan fingerprint density at radius 1 is 0.250 bits per heavy atom. The summed E-state index contributed by atoms with van der Waals surface area (Å²) in [6.45, 7) is 0. The third-order valence-electron chi connectivity index (χ3n) is 0. The van der Waals surface area contributed by atoms with Gasteiger partial charge in [0.1, 0.15) is 0 Å². The molecule has 0 spiro atoms. The second kappa shape index (κ2) is 44.1. The van der Waals surface area contributed by atoms with Gasteiger partial charge in [0.25, 0.3) is 0 Å². The van der Waals surface area contributed by atoms with Crippen LogP contribution in [0.15, 0.2) is 0 Å². The Morgan fingerprint density at radius 2 is 0.250 bits per heavy atom. The van der Waals surface area contributed by atoms with Crippen LogP contribution in [0.1, 0.15) is 0 Å². The van der Waals surface area contributed by atoms with Crippen molar-refractivity contribution >= 4 is 280 Å². The molecule has 0 N–H and O–H groups in total. The van der Waals surface area contributed by atoms with Crippen molar-refractivity contribution in [1.29, 1.82) is 0 Å². The fourth-order valence-electron chi connectivity index (χ4n) is 0. The molecule has 0 unspecified atom stereocenters. The summed E-state index contributed by atoms with van der Waals surface area (Å²) in [6, 6.07) is 0. The standard InChI is InChI=1S/2K.6Na. The summed E-state index contributed by atoms with van der Waals surface area (Å²) >= 11 is 0. The quantitative estimate of drug-likeness (QED) is 0.377. The van der Waals surface area contributed by atoms with Crippen LogP contribution >= 0.6 is 0 Å². The maximum Gasteiger partial charge on any atom is 0 e. The van der Waals surface area contributed by atoms with Crippen molar-refractivity contribution in [3.05, 3.63) is 0 Å². The summed E-state index contributed by atoms with van der Waals surface area (Å²) in [5.41, 5.74) is 0. The van der Waals surface area contributed by atoms with Gasteiger partial charge < -0.3 is 0 Å². The minimum absolute atomic E-state index is 0. The Balaban J connectivity index is 0. The number of hydrogen-bond acceptors (Lipinski definition) is 0. The maximum atomic E-state index is 0. The van der Waals surface area contributed by atoms with Gasteiger partial charge in [0.05, 0.1) is 0 Å². The van der Waals surface area contributed by atoms with Gasteiger partial charge in [-0.25, -0.2) is 0 Å². The molecular weight excluding hydrogens is 216 g/mol. The molecule has 8 valence electrons. The van der Waals surface area contributed by atoms with Crippen molar-refractivity contribution in [2.24, 2.45) is 0 Å². The molecule has 0 fully saturated rings. The zero-order chi connectivity index (χ0) is 0. The normalized spacial score (nSPS) is 0. The zero-order valence-corrected chi connectivity index (χ0v) is 26.2. The van der Waals surface area contributed by atoms with Gasteiger partial charge in [0.2, 0.25) is 0 Å². The molecule has 0 saturated heterocycles. The molecule has 0 rings (SSSR count). The Hall–Kier alpha value is 9.27. The van der Waals surface area contributed by atoms with Crippen LogP contribution in [0, 0.1) is 0 Å². The Bertz CT molecular complexity index is 6.49. The van der Waals surface area contributed by atoms with Crippen LogP contribution in [-0.4, -0.2) is 280 Å². The molecule has 0 amide bonds. The molecule has 0 aliphatic carbocycles. The zero-order valence-electron chi connectivity index (χ0n) is 8.00. The predicted octanol–water partition coefficient (Wildman–Crippen LogP) is -3.05. The van der Waals surface area contributed by atoms with Crippen LogP contribution in [0.4, 0.5) is 0 Å². The van der Waals surface area contributed by atoms with Gasteiger partial charge in [-0.2, -0.15) is 0 Å². The van der Waals surface area contributed by atoms with Crippen molar-refractivity contribution < 1.29 is 0 Å². The van der Waals surface area contributed by atoms with E-state index >= 15 is 0 Å². The topological polar surface area (TPSA) is 0 Å². The first kappa shape index (κ1) is 53.2. The molecule has 0 aromatic rings. The summed E-state index contributed by atoms with van der Waals surface area (Å²) in [6.07, 6.45) is 0. The fraction of sp³-hybridized carbons (Fsp3) is 0. The Kier molecular flexibility index (Phi) is 294. The van der Waals surface area contributed by atoms with Crippen LogP contribution < -0.4 is 0 Å². The first-order valence-corrected chi connectivity index (χ1v) is 0. The Morgan fingerprint density at radius 3 is 0.250 bits per heavy atom. The average molecular weight is 216 g/mol. The molecule has 0 heterocycles. The summed E-state index contributed by atoms with van der Waals surface area (Å²) in [4.78, 5) is 0. The minimum Gasteiger partial charge on any atom is 0 e. The molecule has 8 heteroatoms. The van der Waals surface area contributed by atoms with Crippen molar-refractivity contribution in [3.8, 4) is 0 Å². The minimum atomic E-state index is 0. The predicted molar refractivity (Wildman–Crippen MR) is 46.0 cm³/mol. The van der Waals surface area contributed by atoms with E-state index in [-0.39, 0.29) is 280 Å². The van der Waals surface area contributed by atoms with Gasteiger partial charge in [-0.05, 0) is 0 Å². The van der Waals surface area contributed by atoms with Gasteiger partial charge in [-0.3, -0.25) is 0 Å². The summed E-state index contributed by atoms with van der Waals surface area (Å²) < 4.78 is 0. The van der Waals surface area contributed by atoms with Crippen molar-refractivity contribution in [2.75, 3.05) is 0 Å². The number of rotatable bonds is 0. The molecule has 0 nitrogen and oxygen atoms in total. The first-order chi connectivity index (χ1) is 0. The van der Waals surface area contributed by atoms with Crippen molar-refractivity contribution in [2.45, 2.75) is 0 Å². The molecule has 8 heavy (non-hydrogen) atoms. The van der Waals surface area contributed by atoms with E-state index in [0.717, 1.165) is 0 Å². The van der Waals surface area contributed by atoms with Gasteiger partial charge in [0, 0.05) is 280 Å².